The van der Waals surface area contributed by atoms with Crippen LogP contribution in [0.2, 0.25) is 0 Å². The molecule has 1 amide bonds. The Balaban J connectivity index is 2.51. The second-order valence-corrected chi connectivity index (χ2v) is 4.92. The van der Waals surface area contributed by atoms with Gasteiger partial charge < -0.3 is 4.90 Å². The Bertz CT molecular complexity index is 582. The molecule has 0 bridgehead atoms. The average molecular weight is 259 g/mol. The number of rotatable bonds is 4. The lowest BCUT2D eigenvalue weighted by molar-refractivity contribution is 0.0774. The van der Waals surface area contributed by atoms with Crippen LogP contribution in [-0.4, -0.2) is 33.7 Å². The second-order valence-electron chi connectivity index (χ2n) is 4.92. The van der Waals surface area contributed by atoms with Gasteiger partial charge in [-0.1, -0.05) is 12.1 Å². The minimum Gasteiger partial charge on any atom is -0.339 e. The SMILES string of the molecule is CCN(CC)C(=O)c1cccc2cn(C(C)C)nc12. The lowest BCUT2D eigenvalue weighted by Crippen LogP contribution is -2.30. The fourth-order valence-electron chi connectivity index (χ4n) is 2.18. The van der Waals surface area contributed by atoms with Gasteiger partial charge in [-0.15, -0.1) is 0 Å². The zero-order valence-corrected chi connectivity index (χ0v) is 12.1. The highest BCUT2D eigenvalue weighted by atomic mass is 16.2. The van der Waals surface area contributed by atoms with Crippen LogP contribution in [0.15, 0.2) is 24.4 Å². The smallest absolute Gasteiger partial charge is 0.256 e. The molecule has 0 saturated carbocycles. The molecule has 0 radical (unpaired) electrons. The molecule has 102 valence electrons. The first-order chi connectivity index (χ1) is 9.08. The van der Waals surface area contributed by atoms with E-state index in [1.165, 1.54) is 0 Å². The molecule has 0 N–H and O–H groups in total. The van der Waals surface area contributed by atoms with Gasteiger partial charge >= 0.3 is 0 Å². The quantitative estimate of drug-likeness (QED) is 0.846. The summed E-state index contributed by atoms with van der Waals surface area (Å²) in [6, 6.07) is 6.08. The highest BCUT2D eigenvalue weighted by Gasteiger charge is 2.17. The lowest BCUT2D eigenvalue weighted by Gasteiger charge is -2.18. The van der Waals surface area contributed by atoms with Gasteiger partial charge in [-0.25, -0.2) is 0 Å². The molecule has 1 heterocycles. The van der Waals surface area contributed by atoms with E-state index in [2.05, 4.69) is 18.9 Å². The second kappa shape index (κ2) is 5.43. The minimum atomic E-state index is 0.0598. The molecular formula is C15H21N3O. The summed E-state index contributed by atoms with van der Waals surface area (Å²) in [6.45, 7) is 9.59. The average Bonchev–Trinajstić information content (AvgIpc) is 2.83. The molecule has 4 nitrogen and oxygen atoms in total. The van der Waals surface area contributed by atoms with Crippen LogP contribution in [0.1, 0.15) is 44.1 Å². The molecule has 0 fully saturated rings. The highest BCUT2D eigenvalue weighted by molar-refractivity contribution is 6.05. The van der Waals surface area contributed by atoms with Gasteiger partial charge in [-0.05, 0) is 33.8 Å². The van der Waals surface area contributed by atoms with Crippen molar-refractivity contribution in [3.05, 3.63) is 30.0 Å². The summed E-state index contributed by atoms with van der Waals surface area (Å²) in [5.74, 6) is 0.0598. The molecule has 0 aliphatic carbocycles. The van der Waals surface area contributed by atoms with Gasteiger partial charge in [0.15, 0.2) is 0 Å². The number of aromatic nitrogens is 2. The van der Waals surface area contributed by atoms with Gasteiger partial charge in [0.25, 0.3) is 5.91 Å². The third-order valence-corrected chi connectivity index (χ3v) is 3.36. The van der Waals surface area contributed by atoms with Crippen molar-refractivity contribution in [2.45, 2.75) is 33.7 Å². The van der Waals surface area contributed by atoms with Crippen molar-refractivity contribution in [2.75, 3.05) is 13.1 Å². The molecule has 0 saturated heterocycles. The highest BCUT2D eigenvalue weighted by Crippen LogP contribution is 2.20. The van der Waals surface area contributed by atoms with Crippen LogP contribution in [0, 0.1) is 0 Å². The molecule has 0 aliphatic heterocycles. The maximum absolute atomic E-state index is 12.5. The zero-order valence-electron chi connectivity index (χ0n) is 12.1. The third kappa shape index (κ3) is 2.48. The number of carbonyl (C=O) groups is 1. The van der Waals surface area contributed by atoms with Crippen LogP contribution in [-0.2, 0) is 0 Å². The first-order valence-electron chi connectivity index (χ1n) is 6.85. The molecule has 1 aromatic heterocycles. The fourth-order valence-corrected chi connectivity index (χ4v) is 2.18. The molecule has 0 unspecified atom stereocenters. The lowest BCUT2D eigenvalue weighted by atomic mass is 10.1. The van der Waals surface area contributed by atoms with Crippen molar-refractivity contribution in [2.24, 2.45) is 0 Å². The Morgan fingerprint density at radius 3 is 2.58 bits per heavy atom. The summed E-state index contributed by atoms with van der Waals surface area (Å²) >= 11 is 0. The predicted octanol–water partition coefficient (Wildman–Crippen LogP) is 3.10. The molecular weight excluding hydrogens is 238 g/mol. The summed E-state index contributed by atoms with van der Waals surface area (Å²) < 4.78 is 1.91. The molecule has 2 aromatic rings. The van der Waals surface area contributed by atoms with Crippen LogP contribution < -0.4 is 0 Å². The largest absolute Gasteiger partial charge is 0.339 e. The Hall–Kier alpha value is -1.84. The molecule has 1 aromatic carbocycles. The summed E-state index contributed by atoms with van der Waals surface area (Å²) in [5.41, 5.74) is 1.49. The maximum Gasteiger partial charge on any atom is 0.256 e. The van der Waals surface area contributed by atoms with Gasteiger partial charge in [0.2, 0.25) is 0 Å². The van der Waals surface area contributed by atoms with E-state index in [0.29, 0.717) is 11.6 Å². The van der Waals surface area contributed by atoms with Crippen LogP contribution in [0.5, 0.6) is 0 Å². The van der Waals surface area contributed by atoms with Gasteiger partial charge in [0, 0.05) is 30.7 Å². The van der Waals surface area contributed by atoms with Crippen molar-refractivity contribution in [3.8, 4) is 0 Å². The predicted molar refractivity (Wildman–Crippen MR) is 77.4 cm³/mol. The topological polar surface area (TPSA) is 38.1 Å². The molecule has 0 spiro atoms. The molecule has 0 atom stereocenters. The van der Waals surface area contributed by atoms with E-state index in [4.69, 9.17) is 0 Å². The standard InChI is InChI=1S/C15H21N3O/c1-5-17(6-2)15(19)13-9-7-8-12-10-18(11(3)4)16-14(12)13/h7-11H,5-6H2,1-4H3. The summed E-state index contributed by atoms with van der Waals surface area (Å²) in [5, 5.41) is 5.57. The Kier molecular flexibility index (Phi) is 3.88. The van der Waals surface area contributed by atoms with Crippen LogP contribution in [0.25, 0.3) is 10.9 Å². The van der Waals surface area contributed by atoms with E-state index in [-0.39, 0.29) is 5.91 Å². The van der Waals surface area contributed by atoms with E-state index < -0.39 is 0 Å². The minimum absolute atomic E-state index is 0.0598. The number of amides is 1. The number of hydrogen-bond donors (Lipinski definition) is 0. The van der Waals surface area contributed by atoms with E-state index in [0.717, 1.165) is 24.0 Å². The number of nitrogens with zero attached hydrogens (tertiary/aromatic N) is 3. The summed E-state index contributed by atoms with van der Waals surface area (Å²) in [6.07, 6.45) is 2.00. The monoisotopic (exact) mass is 259 g/mol. The van der Waals surface area contributed by atoms with Crippen LogP contribution >= 0.6 is 0 Å². The van der Waals surface area contributed by atoms with E-state index in [9.17, 15) is 4.79 Å². The summed E-state index contributed by atoms with van der Waals surface area (Å²) in [7, 11) is 0. The van der Waals surface area contributed by atoms with E-state index in [1.807, 2.05) is 47.8 Å². The normalized spacial score (nSPS) is 11.2. The maximum atomic E-state index is 12.5. The van der Waals surface area contributed by atoms with Gasteiger partial charge in [-0.3, -0.25) is 9.48 Å². The zero-order chi connectivity index (χ0) is 14.0. The van der Waals surface area contributed by atoms with Crippen molar-refractivity contribution in [3.63, 3.8) is 0 Å². The van der Waals surface area contributed by atoms with E-state index >= 15 is 0 Å². The van der Waals surface area contributed by atoms with Crippen LogP contribution in [0.4, 0.5) is 0 Å². The van der Waals surface area contributed by atoms with Crippen molar-refractivity contribution in [1.82, 2.24) is 14.7 Å². The molecule has 19 heavy (non-hydrogen) atoms. The van der Waals surface area contributed by atoms with Crippen molar-refractivity contribution in [1.29, 1.82) is 0 Å². The van der Waals surface area contributed by atoms with Crippen molar-refractivity contribution >= 4 is 16.8 Å². The summed E-state index contributed by atoms with van der Waals surface area (Å²) in [4.78, 5) is 14.3. The first kappa shape index (κ1) is 13.6. The molecule has 2 rings (SSSR count). The first-order valence-corrected chi connectivity index (χ1v) is 6.85. The van der Waals surface area contributed by atoms with Gasteiger partial charge in [-0.2, -0.15) is 5.10 Å². The third-order valence-electron chi connectivity index (χ3n) is 3.36. The van der Waals surface area contributed by atoms with Crippen molar-refractivity contribution < 1.29 is 4.79 Å². The number of hydrogen-bond acceptors (Lipinski definition) is 2. The Labute approximate surface area is 114 Å². The number of fused-ring (bicyclic) bond motifs is 1. The fraction of sp³-hybridized carbons (Fsp3) is 0.467. The Morgan fingerprint density at radius 2 is 2.00 bits per heavy atom. The number of carbonyl (C=O) groups excluding carboxylic acids is 1. The van der Waals surface area contributed by atoms with Crippen LogP contribution in [0.3, 0.4) is 0 Å². The van der Waals surface area contributed by atoms with Gasteiger partial charge in [0.1, 0.15) is 5.52 Å². The van der Waals surface area contributed by atoms with E-state index in [1.54, 1.807) is 0 Å². The molecule has 4 heteroatoms. The van der Waals surface area contributed by atoms with Gasteiger partial charge in [0.05, 0.1) is 5.56 Å². The molecule has 0 aliphatic rings. The Morgan fingerprint density at radius 1 is 1.32 bits per heavy atom. The number of benzene rings is 1.